The maximum atomic E-state index is 12.0. The molecule has 2 rings (SSSR count). The minimum Gasteiger partial charge on any atom is -0.396 e. The van der Waals surface area contributed by atoms with Crippen molar-refractivity contribution in [3.63, 3.8) is 0 Å². The number of nitrogens with zero attached hydrogens (tertiary/aromatic N) is 2. The summed E-state index contributed by atoms with van der Waals surface area (Å²) in [5, 5.41) is 9.10. The molecule has 1 fully saturated rings. The fourth-order valence-electron chi connectivity index (χ4n) is 2.17. The molecule has 0 saturated carbocycles. The zero-order chi connectivity index (χ0) is 11.4. The molecule has 16 heavy (non-hydrogen) atoms. The Kier molecular flexibility index (Phi) is 3.62. The van der Waals surface area contributed by atoms with Crippen LogP contribution in [0.5, 0.6) is 0 Å². The summed E-state index contributed by atoms with van der Waals surface area (Å²) in [6, 6.07) is 3.83. The quantitative estimate of drug-likeness (QED) is 0.819. The molecule has 88 valence electrons. The number of hydrogen-bond acceptors (Lipinski definition) is 2. The molecule has 1 aliphatic rings. The van der Waals surface area contributed by atoms with Crippen molar-refractivity contribution < 1.29 is 9.90 Å². The van der Waals surface area contributed by atoms with Gasteiger partial charge in [-0.15, -0.1) is 0 Å². The summed E-state index contributed by atoms with van der Waals surface area (Å²) in [5.41, 5.74) is 0. The predicted molar refractivity (Wildman–Crippen MR) is 60.8 cm³/mol. The largest absolute Gasteiger partial charge is 0.396 e. The van der Waals surface area contributed by atoms with E-state index in [1.54, 1.807) is 0 Å². The normalized spacial score (nSPS) is 21.1. The Bertz CT molecular complexity index is 335. The third kappa shape index (κ3) is 2.64. The van der Waals surface area contributed by atoms with Gasteiger partial charge in [0, 0.05) is 32.1 Å². The van der Waals surface area contributed by atoms with Gasteiger partial charge in [-0.1, -0.05) is 0 Å². The number of carbonyl (C=O) groups is 1. The summed E-state index contributed by atoms with van der Waals surface area (Å²) >= 11 is 0. The van der Waals surface area contributed by atoms with Crippen LogP contribution in [0, 0.1) is 5.92 Å². The number of hydrogen-bond donors (Lipinski definition) is 1. The predicted octanol–water partition coefficient (Wildman–Crippen LogP) is 0.719. The van der Waals surface area contributed by atoms with Crippen LogP contribution in [0.4, 0.5) is 0 Å². The van der Waals surface area contributed by atoms with Gasteiger partial charge >= 0.3 is 0 Å². The fourth-order valence-corrected chi connectivity index (χ4v) is 2.17. The Morgan fingerprint density at radius 1 is 1.38 bits per heavy atom. The van der Waals surface area contributed by atoms with Gasteiger partial charge in [0.2, 0.25) is 5.91 Å². The van der Waals surface area contributed by atoms with Gasteiger partial charge in [0.15, 0.2) is 0 Å². The molecule has 1 saturated heterocycles. The zero-order valence-electron chi connectivity index (χ0n) is 9.38. The maximum Gasteiger partial charge on any atom is 0.242 e. The Morgan fingerprint density at radius 3 is 2.81 bits per heavy atom. The standard InChI is InChI=1S/C12H18N2O2/c15-10-11-4-3-7-14(8-11)12(16)9-13-5-1-2-6-13/h1-2,5-6,11,15H,3-4,7-10H2. The Hall–Kier alpha value is -1.29. The molecule has 0 aromatic carbocycles. The molecule has 2 heterocycles. The molecule has 4 heteroatoms. The average molecular weight is 222 g/mol. The minimum absolute atomic E-state index is 0.148. The van der Waals surface area contributed by atoms with Gasteiger partial charge in [0.1, 0.15) is 6.54 Å². The first kappa shape index (κ1) is 11.2. The second-order valence-corrected chi connectivity index (χ2v) is 4.39. The lowest BCUT2D eigenvalue weighted by Gasteiger charge is -2.32. The highest BCUT2D eigenvalue weighted by molar-refractivity contribution is 5.76. The monoisotopic (exact) mass is 222 g/mol. The molecule has 1 N–H and O–H groups in total. The minimum atomic E-state index is 0.148. The van der Waals surface area contributed by atoms with E-state index in [2.05, 4.69) is 0 Å². The van der Waals surface area contributed by atoms with Crippen LogP contribution in [0.1, 0.15) is 12.8 Å². The lowest BCUT2D eigenvalue weighted by atomic mass is 9.99. The molecule has 1 amide bonds. The van der Waals surface area contributed by atoms with Crippen molar-refractivity contribution in [2.24, 2.45) is 5.92 Å². The molecule has 0 aliphatic carbocycles. The van der Waals surface area contributed by atoms with Crippen molar-refractivity contribution in [3.05, 3.63) is 24.5 Å². The van der Waals surface area contributed by atoms with E-state index >= 15 is 0 Å². The highest BCUT2D eigenvalue weighted by Crippen LogP contribution is 2.16. The van der Waals surface area contributed by atoms with Crippen molar-refractivity contribution >= 4 is 5.91 Å². The van der Waals surface area contributed by atoms with Gasteiger partial charge < -0.3 is 14.6 Å². The summed E-state index contributed by atoms with van der Waals surface area (Å²) < 4.78 is 1.88. The summed E-state index contributed by atoms with van der Waals surface area (Å²) in [6.07, 6.45) is 5.82. The van der Waals surface area contributed by atoms with Crippen molar-refractivity contribution in [1.82, 2.24) is 9.47 Å². The number of amides is 1. The van der Waals surface area contributed by atoms with E-state index in [0.717, 1.165) is 19.4 Å². The van der Waals surface area contributed by atoms with Crippen LogP contribution < -0.4 is 0 Å². The van der Waals surface area contributed by atoms with Gasteiger partial charge in [0.05, 0.1) is 0 Å². The number of rotatable bonds is 3. The number of aromatic nitrogens is 1. The Morgan fingerprint density at radius 2 is 2.12 bits per heavy atom. The van der Waals surface area contributed by atoms with Gasteiger partial charge in [-0.05, 0) is 30.9 Å². The number of likely N-dealkylation sites (tertiary alicyclic amines) is 1. The van der Waals surface area contributed by atoms with Crippen molar-refractivity contribution in [1.29, 1.82) is 0 Å². The third-order valence-corrected chi connectivity index (χ3v) is 3.11. The van der Waals surface area contributed by atoms with Crippen molar-refractivity contribution in [2.75, 3.05) is 19.7 Å². The zero-order valence-corrected chi connectivity index (χ0v) is 9.38. The van der Waals surface area contributed by atoms with Gasteiger partial charge in [-0.25, -0.2) is 0 Å². The molecule has 4 nitrogen and oxygen atoms in total. The van der Waals surface area contributed by atoms with Crippen LogP contribution in [0.25, 0.3) is 0 Å². The van der Waals surface area contributed by atoms with Crippen LogP contribution in [0.15, 0.2) is 24.5 Å². The summed E-state index contributed by atoms with van der Waals surface area (Å²) in [5.74, 6) is 0.414. The number of aliphatic hydroxyl groups is 1. The van der Waals surface area contributed by atoms with Crippen molar-refractivity contribution in [3.8, 4) is 0 Å². The molecule has 1 aromatic rings. The second-order valence-electron chi connectivity index (χ2n) is 4.39. The lowest BCUT2D eigenvalue weighted by molar-refractivity contribution is -0.133. The molecule has 1 aliphatic heterocycles. The van der Waals surface area contributed by atoms with E-state index in [-0.39, 0.29) is 18.4 Å². The van der Waals surface area contributed by atoms with E-state index < -0.39 is 0 Å². The first-order chi connectivity index (χ1) is 7.79. The first-order valence-electron chi connectivity index (χ1n) is 5.79. The first-order valence-corrected chi connectivity index (χ1v) is 5.79. The smallest absolute Gasteiger partial charge is 0.242 e. The molecule has 1 atom stereocenters. The Labute approximate surface area is 95.5 Å². The Balaban J connectivity index is 1.89. The van der Waals surface area contributed by atoms with Crippen molar-refractivity contribution in [2.45, 2.75) is 19.4 Å². The lowest BCUT2D eigenvalue weighted by Crippen LogP contribution is -2.42. The molecular formula is C12H18N2O2. The molecule has 1 unspecified atom stereocenters. The highest BCUT2D eigenvalue weighted by atomic mass is 16.3. The van der Waals surface area contributed by atoms with E-state index in [1.807, 2.05) is 34.0 Å². The van der Waals surface area contributed by atoms with E-state index in [0.29, 0.717) is 13.1 Å². The number of aliphatic hydroxyl groups excluding tert-OH is 1. The second kappa shape index (κ2) is 5.16. The summed E-state index contributed by atoms with van der Waals surface area (Å²) in [6.45, 7) is 2.13. The topological polar surface area (TPSA) is 45.5 Å². The average Bonchev–Trinajstić information content (AvgIpc) is 2.82. The van der Waals surface area contributed by atoms with Crippen LogP contribution in [-0.4, -0.2) is 40.2 Å². The molecule has 0 bridgehead atoms. The van der Waals surface area contributed by atoms with Crippen LogP contribution in [-0.2, 0) is 11.3 Å². The van der Waals surface area contributed by atoms with Gasteiger partial charge in [-0.3, -0.25) is 4.79 Å². The molecular weight excluding hydrogens is 204 g/mol. The van der Waals surface area contributed by atoms with E-state index in [4.69, 9.17) is 5.11 Å². The fraction of sp³-hybridized carbons (Fsp3) is 0.583. The third-order valence-electron chi connectivity index (χ3n) is 3.11. The summed E-state index contributed by atoms with van der Waals surface area (Å²) in [4.78, 5) is 13.8. The summed E-state index contributed by atoms with van der Waals surface area (Å²) in [7, 11) is 0. The van der Waals surface area contributed by atoms with Crippen LogP contribution >= 0.6 is 0 Å². The maximum absolute atomic E-state index is 12.0. The molecule has 1 aromatic heterocycles. The highest BCUT2D eigenvalue weighted by Gasteiger charge is 2.22. The molecule has 0 spiro atoms. The van der Waals surface area contributed by atoms with Gasteiger partial charge in [-0.2, -0.15) is 0 Å². The van der Waals surface area contributed by atoms with E-state index in [9.17, 15) is 4.79 Å². The number of carbonyl (C=O) groups excluding carboxylic acids is 1. The van der Waals surface area contributed by atoms with Crippen LogP contribution in [0.2, 0.25) is 0 Å². The van der Waals surface area contributed by atoms with Gasteiger partial charge in [0.25, 0.3) is 0 Å². The molecule has 0 radical (unpaired) electrons. The van der Waals surface area contributed by atoms with E-state index in [1.165, 1.54) is 0 Å². The number of piperidine rings is 1. The van der Waals surface area contributed by atoms with Crippen LogP contribution in [0.3, 0.4) is 0 Å². The SMILES string of the molecule is O=C(Cn1cccc1)N1CCCC(CO)C1.